The predicted molar refractivity (Wildman–Crippen MR) is 96.9 cm³/mol. The van der Waals surface area contributed by atoms with E-state index in [2.05, 4.69) is 15.5 Å². The number of ether oxygens (including phenoxy) is 1. The van der Waals surface area contributed by atoms with E-state index in [-0.39, 0.29) is 11.9 Å². The van der Waals surface area contributed by atoms with Gasteiger partial charge >= 0.3 is 0 Å². The topological polar surface area (TPSA) is 77.2 Å². The molecule has 26 heavy (non-hydrogen) atoms. The van der Waals surface area contributed by atoms with Gasteiger partial charge < -0.3 is 14.6 Å². The van der Waals surface area contributed by atoms with Crippen LogP contribution in [0.3, 0.4) is 0 Å². The van der Waals surface area contributed by atoms with E-state index < -0.39 is 0 Å². The fraction of sp³-hybridized carbons (Fsp3) is 0.250. The maximum Gasteiger partial charge on any atom is 0.255 e. The summed E-state index contributed by atoms with van der Waals surface area (Å²) in [6.45, 7) is 5.89. The van der Waals surface area contributed by atoms with E-state index >= 15 is 0 Å². The molecule has 2 aromatic heterocycles. The average Bonchev–Trinajstić information content (AvgIpc) is 2.98. The second-order valence-electron chi connectivity index (χ2n) is 6.04. The summed E-state index contributed by atoms with van der Waals surface area (Å²) in [6, 6.07) is 12.6. The molecule has 0 saturated heterocycles. The molecular weight excluding hydrogens is 330 g/mol. The minimum Gasteiger partial charge on any atom is -0.488 e. The highest BCUT2D eigenvalue weighted by Gasteiger charge is 2.17. The van der Waals surface area contributed by atoms with Crippen molar-refractivity contribution >= 4 is 5.91 Å². The number of carbonyl (C=O) groups is 1. The first-order chi connectivity index (χ1) is 12.6. The maximum atomic E-state index is 12.7. The summed E-state index contributed by atoms with van der Waals surface area (Å²) in [7, 11) is 0. The quantitative estimate of drug-likeness (QED) is 0.732. The van der Waals surface area contributed by atoms with Crippen LogP contribution in [0.25, 0.3) is 0 Å². The SMILES string of the molecule is Cc1noc(C)c1COc1ccccc1C(=O)N[C@H](C)c1ccccn1. The van der Waals surface area contributed by atoms with Crippen LogP contribution in [-0.4, -0.2) is 16.0 Å². The van der Waals surface area contributed by atoms with E-state index in [4.69, 9.17) is 9.26 Å². The van der Waals surface area contributed by atoms with Gasteiger partial charge in [0.25, 0.3) is 5.91 Å². The van der Waals surface area contributed by atoms with Crippen molar-refractivity contribution < 1.29 is 14.1 Å². The van der Waals surface area contributed by atoms with Crippen molar-refractivity contribution in [2.45, 2.75) is 33.4 Å². The number of hydrogen-bond donors (Lipinski definition) is 1. The Morgan fingerprint density at radius 2 is 1.96 bits per heavy atom. The van der Waals surface area contributed by atoms with Gasteiger partial charge in [0.1, 0.15) is 18.1 Å². The summed E-state index contributed by atoms with van der Waals surface area (Å²) < 4.78 is 11.0. The molecule has 2 heterocycles. The van der Waals surface area contributed by atoms with E-state index in [9.17, 15) is 4.79 Å². The third kappa shape index (κ3) is 3.91. The largest absolute Gasteiger partial charge is 0.488 e. The molecule has 0 aliphatic rings. The lowest BCUT2D eigenvalue weighted by molar-refractivity contribution is 0.0934. The zero-order chi connectivity index (χ0) is 18.5. The number of aromatic nitrogens is 2. The number of para-hydroxylation sites is 1. The number of carbonyl (C=O) groups excluding carboxylic acids is 1. The molecule has 0 fully saturated rings. The molecule has 1 amide bonds. The third-order valence-corrected chi connectivity index (χ3v) is 4.16. The van der Waals surface area contributed by atoms with Crippen LogP contribution >= 0.6 is 0 Å². The molecule has 0 bridgehead atoms. The molecule has 1 atom stereocenters. The van der Waals surface area contributed by atoms with Gasteiger partial charge in [-0.2, -0.15) is 0 Å². The summed E-state index contributed by atoms with van der Waals surface area (Å²) in [4.78, 5) is 17.0. The van der Waals surface area contributed by atoms with Crippen molar-refractivity contribution in [3.63, 3.8) is 0 Å². The summed E-state index contributed by atoms with van der Waals surface area (Å²) in [5, 5.41) is 6.87. The number of nitrogens with one attached hydrogen (secondary N) is 1. The Kier molecular flexibility index (Phi) is 5.31. The first-order valence-corrected chi connectivity index (χ1v) is 8.41. The second kappa shape index (κ2) is 7.82. The molecule has 0 aliphatic carbocycles. The fourth-order valence-corrected chi connectivity index (χ4v) is 2.62. The monoisotopic (exact) mass is 351 g/mol. The second-order valence-corrected chi connectivity index (χ2v) is 6.04. The van der Waals surface area contributed by atoms with Crippen LogP contribution in [-0.2, 0) is 6.61 Å². The number of hydrogen-bond acceptors (Lipinski definition) is 5. The van der Waals surface area contributed by atoms with Crippen molar-refractivity contribution in [3.05, 3.63) is 76.9 Å². The Morgan fingerprint density at radius 3 is 2.65 bits per heavy atom. The van der Waals surface area contributed by atoms with Crippen LogP contribution in [0.15, 0.2) is 53.2 Å². The van der Waals surface area contributed by atoms with Crippen LogP contribution in [0.1, 0.15) is 46.0 Å². The van der Waals surface area contributed by atoms with E-state index in [1.165, 1.54) is 0 Å². The molecule has 1 N–H and O–H groups in total. The molecular formula is C20H21N3O3. The van der Waals surface area contributed by atoms with Gasteiger partial charge in [0.05, 0.1) is 28.6 Å². The first kappa shape index (κ1) is 17.7. The van der Waals surface area contributed by atoms with Crippen molar-refractivity contribution in [3.8, 4) is 5.75 Å². The third-order valence-electron chi connectivity index (χ3n) is 4.16. The van der Waals surface area contributed by atoms with Crippen molar-refractivity contribution in [1.82, 2.24) is 15.5 Å². The molecule has 3 aromatic rings. The molecule has 0 aliphatic heterocycles. The number of nitrogens with zero attached hydrogens (tertiary/aromatic N) is 2. The van der Waals surface area contributed by atoms with Gasteiger partial charge in [-0.05, 0) is 45.0 Å². The van der Waals surface area contributed by atoms with Gasteiger partial charge in [-0.3, -0.25) is 9.78 Å². The smallest absolute Gasteiger partial charge is 0.255 e. The minimum atomic E-state index is -0.211. The summed E-state index contributed by atoms with van der Waals surface area (Å²) in [6.07, 6.45) is 1.71. The molecule has 0 spiro atoms. The zero-order valence-corrected chi connectivity index (χ0v) is 15.0. The highest BCUT2D eigenvalue weighted by atomic mass is 16.5. The van der Waals surface area contributed by atoms with Crippen LogP contribution < -0.4 is 10.1 Å². The van der Waals surface area contributed by atoms with Gasteiger partial charge in [0.15, 0.2) is 0 Å². The molecule has 0 unspecified atom stereocenters. The highest BCUT2D eigenvalue weighted by Crippen LogP contribution is 2.22. The molecule has 1 aromatic carbocycles. The number of benzene rings is 1. The van der Waals surface area contributed by atoms with E-state index in [1.54, 1.807) is 18.3 Å². The fourth-order valence-electron chi connectivity index (χ4n) is 2.62. The van der Waals surface area contributed by atoms with Gasteiger partial charge in [-0.15, -0.1) is 0 Å². The minimum absolute atomic E-state index is 0.209. The Balaban J connectivity index is 1.73. The average molecular weight is 351 g/mol. The molecule has 0 saturated carbocycles. The van der Waals surface area contributed by atoms with E-state index in [0.29, 0.717) is 23.7 Å². The Hall–Kier alpha value is -3.15. The van der Waals surface area contributed by atoms with Crippen LogP contribution in [0.4, 0.5) is 0 Å². The molecule has 3 rings (SSSR count). The van der Waals surface area contributed by atoms with Gasteiger partial charge in [0, 0.05) is 6.20 Å². The molecule has 6 nitrogen and oxygen atoms in total. The Labute approximate surface area is 152 Å². The van der Waals surface area contributed by atoms with Crippen LogP contribution in [0.2, 0.25) is 0 Å². The van der Waals surface area contributed by atoms with Crippen molar-refractivity contribution in [1.29, 1.82) is 0 Å². The van der Waals surface area contributed by atoms with Crippen molar-refractivity contribution in [2.75, 3.05) is 0 Å². The molecule has 134 valence electrons. The number of rotatable bonds is 6. The summed E-state index contributed by atoms with van der Waals surface area (Å²) in [5.41, 5.74) is 2.95. The predicted octanol–water partition coefficient (Wildman–Crippen LogP) is 3.76. The summed E-state index contributed by atoms with van der Waals surface area (Å²) >= 11 is 0. The summed E-state index contributed by atoms with van der Waals surface area (Å²) in [5.74, 6) is 1.02. The number of amides is 1. The first-order valence-electron chi connectivity index (χ1n) is 8.41. The van der Waals surface area contributed by atoms with Gasteiger partial charge in [-0.25, -0.2) is 0 Å². The normalized spacial score (nSPS) is 11.8. The van der Waals surface area contributed by atoms with E-state index in [1.807, 2.05) is 51.1 Å². The molecule has 6 heteroatoms. The maximum absolute atomic E-state index is 12.7. The van der Waals surface area contributed by atoms with Crippen LogP contribution in [0.5, 0.6) is 5.75 Å². The Morgan fingerprint density at radius 1 is 1.19 bits per heavy atom. The highest BCUT2D eigenvalue weighted by molar-refractivity contribution is 5.97. The Bertz CT molecular complexity index is 871. The number of aryl methyl sites for hydroxylation is 2. The molecule has 0 radical (unpaired) electrons. The van der Waals surface area contributed by atoms with Gasteiger partial charge in [0.2, 0.25) is 0 Å². The zero-order valence-electron chi connectivity index (χ0n) is 15.0. The lowest BCUT2D eigenvalue weighted by Gasteiger charge is -2.15. The lowest BCUT2D eigenvalue weighted by atomic mass is 10.1. The van der Waals surface area contributed by atoms with Gasteiger partial charge in [-0.1, -0.05) is 23.4 Å². The lowest BCUT2D eigenvalue weighted by Crippen LogP contribution is -2.27. The standard InChI is InChI=1S/C20H21N3O3/c1-13-17(15(3)26-23-13)12-25-19-10-5-4-8-16(19)20(24)22-14(2)18-9-6-7-11-21-18/h4-11,14H,12H2,1-3H3,(H,22,24)/t14-/m1/s1. The van der Waals surface area contributed by atoms with E-state index in [0.717, 1.165) is 17.0 Å². The van der Waals surface area contributed by atoms with Crippen LogP contribution in [0, 0.1) is 13.8 Å². The number of pyridine rings is 1. The van der Waals surface area contributed by atoms with Crippen molar-refractivity contribution in [2.24, 2.45) is 0 Å².